The lowest BCUT2D eigenvalue weighted by molar-refractivity contribution is -0.119. The summed E-state index contributed by atoms with van der Waals surface area (Å²) >= 11 is 0. The molecule has 0 bridgehead atoms. The molecule has 3 rings (SSSR count). The van der Waals surface area contributed by atoms with Gasteiger partial charge in [-0.05, 0) is 29.7 Å². The summed E-state index contributed by atoms with van der Waals surface area (Å²) in [5.41, 5.74) is 2.09. The van der Waals surface area contributed by atoms with E-state index in [1.54, 1.807) is 19.1 Å². The SMILES string of the molecule is Cc1ccc(C2(C)CC(=O)NC2c2ccccc2)cc1F. The molecule has 21 heavy (non-hydrogen) atoms. The van der Waals surface area contributed by atoms with Crippen molar-refractivity contribution in [1.82, 2.24) is 5.32 Å². The van der Waals surface area contributed by atoms with Crippen LogP contribution in [0.5, 0.6) is 0 Å². The molecule has 1 fully saturated rings. The van der Waals surface area contributed by atoms with Crippen molar-refractivity contribution in [2.75, 3.05) is 0 Å². The molecule has 2 aromatic rings. The summed E-state index contributed by atoms with van der Waals surface area (Å²) in [4.78, 5) is 12.0. The molecule has 1 amide bonds. The minimum absolute atomic E-state index is 0.00679. The molecule has 0 saturated carbocycles. The monoisotopic (exact) mass is 283 g/mol. The van der Waals surface area contributed by atoms with E-state index < -0.39 is 5.41 Å². The molecule has 1 saturated heterocycles. The molecular formula is C18H18FNO. The molecule has 0 spiro atoms. The highest BCUT2D eigenvalue weighted by molar-refractivity contribution is 5.82. The lowest BCUT2D eigenvalue weighted by Crippen LogP contribution is -2.30. The second-order valence-electron chi connectivity index (χ2n) is 5.97. The molecule has 1 heterocycles. The summed E-state index contributed by atoms with van der Waals surface area (Å²) < 4.78 is 13.9. The van der Waals surface area contributed by atoms with Crippen LogP contribution < -0.4 is 5.32 Å². The number of carbonyl (C=O) groups excluding carboxylic acids is 1. The Balaban J connectivity index is 2.08. The van der Waals surface area contributed by atoms with Crippen LogP contribution in [0.3, 0.4) is 0 Å². The standard InChI is InChI=1S/C18H18FNO/c1-12-8-9-14(10-15(12)19)18(2)11-16(21)20-17(18)13-6-4-3-5-7-13/h3-10,17H,11H2,1-2H3,(H,20,21). The van der Waals surface area contributed by atoms with Crippen molar-refractivity contribution >= 4 is 5.91 Å². The van der Waals surface area contributed by atoms with Crippen LogP contribution in [0.1, 0.15) is 36.1 Å². The van der Waals surface area contributed by atoms with Gasteiger partial charge in [0.1, 0.15) is 5.82 Å². The van der Waals surface area contributed by atoms with Gasteiger partial charge >= 0.3 is 0 Å². The minimum atomic E-state index is -0.438. The van der Waals surface area contributed by atoms with Gasteiger partial charge in [-0.1, -0.05) is 49.4 Å². The van der Waals surface area contributed by atoms with E-state index in [2.05, 4.69) is 5.32 Å². The van der Waals surface area contributed by atoms with Crippen LogP contribution in [0.4, 0.5) is 4.39 Å². The van der Waals surface area contributed by atoms with Gasteiger partial charge in [0, 0.05) is 11.8 Å². The highest BCUT2D eigenvalue weighted by Gasteiger charge is 2.45. The van der Waals surface area contributed by atoms with Gasteiger partial charge in [-0.15, -0.1) is 0 Å². The second-order valence-corrected chi connectivity index (χ2v) is 5.97. The van der Waals surface area contributed by atoms with Crippen molar-refractivity contribution in [1.29, 1.82) is 0 Å². The number of nitrogens with one attached hydrogen (secondary N) is 1. The normalized spacial score (nSPS) is 24.9. The van der Waals surface area contributed by atoms with Gasteiger partial charge in [-0.25, -0.2) is 4.39 Å². The topological polar surface area (TPSA) is 29.1 Å². The lowest BCUT2D eigenvalue weighted by atomic mass is 9.73. The van der Waals surface area contributed by atoms with Gasteiger partial charge in [-0.2, -0.15) is 0 Å². The summed E-state index contributed by atoms with van der Waals surface area (Å²) in [6.07, 6.45) is 0.370. The zero-order chi connectivity index (χ0) is 15.0. The fourth-order valence-corrected chi connectivity index (χ4v) is 3.12. The Morgan fingerprint density at radius 1 is 1.19 bits per heavy atom. The minimum Gasteiger partial charge on any atom is -0.348 e. The van der Waals surface area contributed by atoms with Gasteiger partial charge in [0.05, 0.1) is 6.04 Å². The van der Waals surface area contributed by atoms with Gasteiger partial charge < -0.3 is 5.32 Å². The first kappa shape index (κ1) is 13.8. The molecular weight excluding hydrogens is 265 g/mol. The number of benzene rings is 2. The Bertz CT molecular complexity index is 683. The molecule has 2 unspecified atom stereocenters. The van der Waals surface area contributed by atoms with Gasteiger partial charge in [0.2, 0.25) is 5.91 Å². The third kappa shape index (κ3) is 2.33. The van der Waals surface area contributed by atoms with Crippen LogP contribution in [0.15, 0.2) is 48.5 Å². The molecule has 2 nitrogen and oxygen atoms in total. The molecule has 108 valence electrons. The number of hydrogen-bond acceptors (Lipinski definition) is 1. The average molecular weight is 283 g/mol. The van der Waals surface area contributed by atoms with E-state index in [0.717, 1.165) is 11.1 Å². The van der Waals surface area contributed by atoms with Crippen molar-refractivity contribution in [3.63, 3.8) is 0 Å². The zero-order valence-corrected chi connectivity index (χ0v) is 12.2. The molecule has 0 aromatic heterocycles. The highest BCUT2D eigenvalue weighted by atomic mass is 19.1. The Morgan fingerprint density at radius 2 is 1.90 bits per heavy atom. The lowest BCUT2D eigenvalue weighted by Gasteiger charge is -2.31. The molecule has 1 N–H and O–H groups in total. The van der Waals surface area contributed by atoms with Crippen molar-refractivity contribution in [3.05, 3.63) is 71.0 Å². The van der Waals surface area contributed by atoms with Crippen molar-refractivity contribution in [2.24, 2.45) is 0 Å². The molecule has 1 aliphatic rings. The first-order chi connectivity index (χ1) is 10.0. The van der Waals surface area contributed by atoms with Crippen LogP contribution in [-0.2, 0) is 10.2 Å². The maximum Gasteiger partial charge on any atom is 0.221 e. The maximum absolute atomic E-state index is 13.9. The van der Waals surface area contributed by atoms with E-state index in [1.807, 2.05) is 43.3 Å². The number of amides is 1. The first-order valence-electron chi connectivity index (χ1n) is 7.11. The van der Waals surface area contributed by atoms with Crippen molar-refractivity contribution in [2.45, 2.75) is 31.7 Å². The van der Waals surface area contributed by atoms with Gasteiger partial charge in [-0.3, -0.25) is 4.79 Å². The number of hydrogen-bond donors (Lipinski definition) is 1. The van der Waals surface area contributed by atoms with Crippen molar-refractivity contribution < 1.29 is 9.18 Å². The van der Waals surface area contributed by atoms with E-state index in [-0.39, 0.29) is 17.8 Å². The zero-order valence-electron chi connectivity index (χ0n) is 12.2. The third-order valence-corrected chi connectivity index (χ3v) is 4.43. The molecule has 2 atom stereocenters. The largest absolute Gasteiger partial charge is 0.348 e. The summed E-state index contributed by atoms with van der Waals surface area (Å²) in [6.45, 7) is 3.76. The maximum atomic E-state index is 13.9. The fourth-order valence-electron chi connectivity index (χ4n) is 3.12. The number of rotatable bonds is 2. The second kappa shape index (κ2) is 4.99. The molecule has 0 radical (unpaired) electrons. The summed E-state index contributed by atoms with van der Waals surface area (Å²) in [5.74, 6) is -0.216. The molecule has 2 aromatic carbocycles. The first-order valence-corrected chi connectivity index (χ1v) is 7.11. The number of aryl methyl sites for hydroxylation is 1. The quantitative estimate of drug-likeness (QED) is 0.895. The summed E-state index contributed by atoms with van der Waals surface area (Å²) in [5, 5.41) is 3.03. The fraction of sp³-hybridized carbons (Fsp3) is 0.278. The van der Waals surface area contributed by atoms with Crippen LogP contribution in [0.2, 0.25) is 0 Å². The smallest absolute Gasteiger partial charge is 0.221 e. The van der Waals surface area contributed by atoms with Crippen molar-refractivity contribution in [3.8, 4) is 0 Å². The van der Waals surface area contributed by atoms with E-state index in [1.165, 1.54) is 0 Å². The summed E-state index contributed by atoms with van der Waals surface area (Å²) in [7, 11) is 0. The molecule has 0 aliphatic carbocycles. The van der Waals surface area contributed by atoms with E-state index >= 15 is 0 Å². The van der Waals surface area contributed by atoms with Crippen LogP contribution >= 0.6 is 0 Å². The third-order valence-electron chi connectivity index (χ3n) is 4.43. The number of halogens is 1. The highest BCUT2D eigenvalue weighted by Crippen LogP contribution is 2.44. The van der Waals surface area contributed by atoms with E-state index in [4.69, 9.17) is 0 Å². The number of carbonyl (C=O) groups is 1. The predicted molar refractivity (Wildman–Crippen MR) is 80.4 cm³/mol. The predicted octanol–water partition coefficient (Wildman–Crippen LogP) is 3.65. The van der Waals surface area contributed by atoms with Crippen LogP contribution in [-0.4, -0.2) is 5.91 Å². The van der Waals surface area contributed by atoms with Gasteiger partial charge in [0.15, 0.2) is 0 Å². The van der Waals surface area contributed by atoms with E-state index in [9.17, 15) is 9.18 Å². The summed E-state index contributed by atoms with van der Waals surface area (Å²) in [6, 6.07) is 15.0. The molecule has 1 aliphatic heterocycles. The van der Waals surface area contributed by atoms with Crippen LogP contribution in [0.25, 0.3) is 0 Å². The average Bonchev–Trinajstić information content (AvgIpc) is 2.79. The molecule has 3 heteroatoms. The Morgan fingerprint density at radius 3 is 2.57 bits per heavy atom. The Labute approximate surface area is 124 Å². The van der Waals surface area contributed by atoms with Crippen LogP contribution in [0, 0.1) is 12.7 Å². The Kier molecular flexibility index (Phi) is 3.28. The van der Waals surface area contributed by atoms with Gasteiger partial charge in [0.25, 0.3) is 0 Å². The van der Waals surface area contributed by atoms with E-state index in [0.29, 0.717) is 12.0 Å². The Hall–Kier alpha value is -2.16.